The highest BCUT2D eigenvalue weighted by Gasteiger charge is 2.37. The molecule has 0 aromatic heterocycles. The van der Waals surface area contributed by atoms with Crippen molar-refractivity contribution in [3.63, 3.8) is 0 Å². The molecule has 0 bridgehead atoms. The number of amides is 2. The fourth-order valence-electron chi connectivity index (χ4n) is 3.92. The molecule has 2 amide bonds. The Bertz CT molecular complexity index is 775. The van der Waals surface area contributed by atoms with E-state index >= 15 is 0 Å². The second-order valence-electron chi connectivity index (χ2n) is 6.79. The van der Waals surface area contributed by atoms with Crippen molar-refractivity contribution in [1.29, 1.82) is 0 Å². The standard InChI is InChI=1S/C20H22N2O2/c23-19-13-16(20(24)21-11-4-1-5-12-21)14-22(19)18-10-6-8-15-7-2-3-9-17(15)18/h2-3,6-10,16H,1,4-5,11-14H2. The monoisotopic (exact) mass is 322 g/mol. The van der Waals surface area contributed by atoms with Crippen molar-refractivity contribution in [3.8, 4) is 0 Å². The van der Waals surface area contributed by atoms with Crippen molar-refractivity contribution in [2.24, 2.45) is 5.92 Å². The van der Waals surface area contributed by atoms with Crippen LogP contribution >= 0.6 is 0 Å². The third kappa shape index (κ3) is 2.66. The number of rotatable bonds is 2. The van der Waals surface area contributed by atoms with E-state index in [0.717, 1.165) is 42.4 Å². The van der Waals surface area contributed by atoms with Gasteiger partial charge in [-0.2, -0.15) is 0 Å². The minimum atomic E-state index is -0.199. The van der Waals surface area contributed by atoms with E-state index in [0.29, 0.717) is 13.0 Å². The SMILES string of the molecule is O=C(C1CC(=O)N(c2cccc3ccccc23)C1)N1CCCCC1. The van der Waals surface area contributed by atoms with Crippen LogP contribution in [0, 0.1) is 5.92 Å². The van der Waals surface area contributed by atoms with Crippen molar-refractivity contribution in [1.82, 2.24) is 4.90 Å². The van der Waals surface area contributed by atoms with Crippen LogP contribution in [-0.2, 0) is 9.59 Å². The molecule has 2 heterocycles. The maximum atomic E-state index is 12.7. The van der Waals surface area contributed by atoms with Crippen molar-refractivity contribution in [2.75, 3.05) is 24.5 Å². The largest absolute Gasteiger partial charge is 0.342 e. The third-order valence-electron chi connectivity index (χ3n) is 5.20. The van der Waals surface area contributed by atoms with E-state index in [-0.39, 0.29) is 17.7 Å². The fourth-order valence-corrected chi connectivity index (χ4v) is 3.92. The molecule has 4 nitrogen and oxygen atoms in total. The Morgan fingerprint density at radius 2 is 1.71 bits per heavy atom. The molecule has 0 spiro atoms. The van der Waals surface area contributed by atoms with Crippen LogP contribution < -0.4 is 4.90 Å². The van der Waals surface area contributed by atoms with Crippen molar-refractivity contribution in [3.05, 3.63) is 42.5 Å². The molecule has 4 rings (SSSR count). The summed E-state index contributed by atoms with van der Waals surface area (Å²) in [6.45, 7) is 2.19. The first-order chi connectivity index (χ1) is 11.7. The molecule has 0 radical (unpaired) electrons. The second kappa shape index (κ2) is 6.27. The predicted molar refractivity (Wildman–Crippen MR) is 94.8 cm³/mol. The fraction of sp³-hybridized carbons (Fsp3) is 0.400. The van der Waals surface area contributed by atoms with E-state index in [1.54, 1.807) is 4.90 Å². The first-order valence-electron chi connectivity index (χ1n) is 8.81. The highest BCUT2D eigenvalue weighted by atomic mass is 16.2. The summed E-state index contributed by atoms with van der Waals surface area (Å²) in [6, 6.07) is 14.1. The van der Waals surface area contributed by atoms with Gasteiger partial charge < -0.3 is 9.80 Å². The lowest BCUT2D eigenvalue weighted by atomic mass is 10.0. The molecule has 2 aliphatic heterocycles. The molecule has 1 unspecified atom stereocenters. The lowest BCUT2D eigenvalue weighted by molar-refractivity contribution is -0.136. The Morgan fingerprint density at radius 1 is 0.958 bits per heavy atom. The van der Waals surface area contributed by atoms with Crippen molar-refractivity contribution < 1.29 is 9.59 Å². The summed E-state index contributed by atoms with van der Waals surface area (Å²) >= 11 is 0. The van der Waals surface area contributed by atoms with Crippen LogP contribution in [0.1, 0.15) is 25.7 Å². The van der Waals surface area contributed by atoms with Crippen LogP contribution in [0.2, 0.25) is 0 Å². The van der Waals surface area contributed by atoms with Gasteiger partial charge in [0.2, 0.25) is 11.8 Å². The molecule has 2 fully saturated rings. The minimum Gasteiger partial charge on any atom is -0.342 e. The smallest absolute Gasteiger partial charge is 0.228 e. The lowest BCUT2D eigenvalue weighted by Gasteiger charge is -2.29. The zero-order chi connectivity index (χ0) is 16.5. The van der Waals surface area contributed by atoms with E-state index in [4.69, 9.17) is 0 Å². The molecule has 0 N–H and O–H groups in total. The van der Waals surface area contributed by atoms with E-state index in [2.05, 4.69) is 12.1 Å². The second-order valence-corrected chi connectivity index (χ2v) is 6.79. The zero-order valence-corrected chi connectivity index (χ0v) is 13.8. The van der Waals surface area contributed by atoms with Crippen molar-refractivity contribution in [2.45, 2.75) is 25.7 Å². The number of hydrogen-bond acceptors (Lipinski definition) is 2. The molecule has 2 saturated heterocycles. The number of fused-ring (bicyclic) bond motifs is 1. The summed E-state index contributed by atoms with van der Waals surface area (Å²) < 4.78 is 0. The van der Waals surface area contributed by atoms with Gasteiger partial charge in [-0.3, -0.25) is 9.59 Å². The van der Waals surface area contributed by atoms with Crippen LogP contribution in [0.4, 0.5) is 5.69 Å². The quantitative estimate of drug-likeness (QED) is 0.852. The zero-order valence-electron chi connectivity index (χ0n) is 13.8. The number of carbonyl (C=O) groups is 2. The van der Waals surface area contributed by atoms with Gasteiger partial charge in [-0.25, -0.2) is 0 Å². The van der Waals surface area contributed by atoms with E-state index in [9.17, 15) is 9.59 Å². The first kappa shape index (κ1) is 15.2. The van der Waals surface area contributed by atoms with Gasteiger partial charge in [-0.15, -0.1) is 0 Å². The maximum absolute atomic E-state index is 12.7. The third-order valence-corrected chi connectivity index (χ3v) is 5.20. The Morgan fingerprint density at radius 3 is 2.54 bits per heavy atom. The average Bonchev–Trinajstić information content (AvgIpc) is 3.03. The Balaban J connectivity index is 1.58. The summed E-state index contributed by atoms with van der Waals surface area (Å²) in [5.41, 5.74) is 0.923. The van der Waals surface area contributed by atoms with E-state index < -0.39 is 0 Å². The number of nitrogens with zero attached hydrogens (tertiary/aromatic N) is 2. The Hall–Kier alpha value is -2.36. The summed E-state index contributed by atoms with van der Waals surface area (Å²) in [4.78, 5) is 29.1. The van der Waals surface area contributed by atoms with Gasteiger partial charge in [-0.1, -0.05) is 36.4 Å². The summed E-state index contributed by atoms with van der Waals surface area (Å²) in [5, 5.41) is 2.19. The molecule has 2 aromatic rings. The topological polar surface area (TPSA) is 40.6 Å². The number of carbonyl (C=O) groups excluding carboxylic acids is 2. The van der Waals surface area contributed by atoms with Crippen LogP contribution in [0.5, 0.6) is 0 Å². The van der Waals surface area contributed by atoms with E-state index in [1.165, 1.54) is 6.42 Å². The van der Waals surface area contributed by atoms with Crippen LogP contribution in [0.3, 0.4) is 0 Å². The minimum absolute atomic E-state index is 0.0571. The van der Waals surface area contributed by atoms with Gasteiger partial charge >= 0.3 is 0 Å². The number of likely N-dealkylation sites (tertiary alicyclic amines) is 1. The first-order valence-corrected chi connectivity index (χ1v) is 8.81. The average molecular weight is 322 g/mol. The van der Waals surface area contributed by atoms with E-state index in [1.807, 2.05) is 35.2 Å². The van der Waals surface area contributed by atoms with Crippen molar-refractivity contribution >= 4 is 28.3 Å². The maximum Gasteiger partial charge on any atom is 0.228 e. The van der Waals surface area contributed by atoms with Crippen LogP contribution in [0.15, 0.2) is 42.5 Å². The summed E-state index contributed by atoms with van der Waals surface area (Å²) in [6.07, 6.45) is 3.70. The summed E-state index contributed by atoms with van der Waals surface area (Å²) in [5.74, 6) is 0.0158. The van der Waals surface area contributed by atoms with Gasteiger partial charge in [0.15, 0.2) is 0 Å². The number of hydrogen-bond donors (Lipinski definition) is 0. The van der Waals surface area contributed by atoms with Crippen LogP contribution in [-0.4, -0.2) is 36.3 Å². The highest BCUT2D eigenvalue weighted by Crippen LogP contribution is 2.32. The Labute approximate surface area is 142 Å². The molecule has 0 saturated carbocycles. The molecule has 1 atom stereocenters. The number of piperidine rings is 1. The van der Waals surface area contributed by atoms with Gasteiger partial charge in [0.25, 0.3) is 0 Å². The van der Waals surface area contributed by atoms with Gasteiger partial charge in [-0.05, 0) is 30.7 Å². The number of anilines is 1. The van der Waals surface area contributed by atoms with Gasteiger partial charge in [0.05, 0.1) is 11.6 Å². The van der Waals surface area contributed by atoms with Gasteiger partial charge in [0.1, 0.15) is 0 Å². The molecule has 2 aromatic carbocycles. The highest BCUT2D eigenvalue weighted by molar-refractivity contribution is 6.06. The van der Waals surface area contributed by atoms with Gasteiger partial charge in [0, 0.05) is 31.4 Å². The lowest BCUT2D eigenvalue weighted by Crippen LogP contribution is -2.40. The predicted octanol–water partition coefficient (Wildman–Crippen LogP) is 3.21. The molecule has 4 heteroatoms. The molecule has 0 aliphatic carbocycles. The normalized spacial score (nSPS) is 21.5. The molecule has 124 valence electrons. The molecule has 2 aliphatic rings. The molecular formula is C20H22N2O2. The Kier molecular flexibility index (Phi) is 3.97. The molecular weight excluding hydrogens is 300 g/mol. The molecule has 24 heavy (non-hydrogen) atoms. The number of benzene rings is 2. The van der Waals surface area contributed by atoms with Crippen LogP contribution in [0.25, 0.3) is 10.8 Å². The summed E-state index contributed by atoms with van der Waals surface area (Å²) in [7, 11) is 0.